The van der Waals surface area contributed by atoms with Gasteiger partial charge in [-0.1, -0.05) is 189 Å². The molecule has 2 N–H and O–H groups in total. The zero-order valence-corrected chi connectivity index (χ0v) is 61.0. The molecule has 0 unspecified atom stereocenters. The Bertz CT molecular complexity index is 4680. The van der Waals surface area contributed by atoms with Gasteiger partial charge in [0.05, 0.1) is 80.2 Å². The first-order chi connectivity index (χ1) is 51.2. The van der Waals surface area contributed by atoms with Crippen molar-refractivity contribution in [1.82, 2.24) is 9.55 Å². The van der Waals surface area contributed by atoms with E-state index in [0.717, 1.165) is 35.0 Å². The summed E-state index contributed by atoms with van der Waals surface area (Å²) in [6.07, 6.45) is 7.13. The van der Waals surface area contributed by atoms with E-state index in [4.69, 9.17) is 23.9 Å². The lowest BCUT2D eigenvalue weighted by Crippen LogP contribution is -2.40. The van der Waals surface area contributed by atoms with E-state index in [1.807, 2.05) is 42.5 Å². The van der Waals surface area contributed by atoms with Crippen LogP contribution < -0.4 is 67.5 Å². The average molecular weight is 1430 g/mol. The molecule has 2 aromatic heterocycles. The summed E-state index contributed by atoms with van der Waals surface area (Å²) in [7, 11) is -6.77. The van der Waals surface area contributed by atoms with Gasteiger partial charge in [-0.25, -0.2) is 9.78 Å². The lowest BCUT2D eigenvalue weighted by atomic mass is 9.87. The summed E-state index contributed by atoms with van der Waals surface area (Å²) in [4.78, 5) is 34.5. The molecule has 10 nitrogen and oxygen atoms in total. The number of nitrogens with zero attached hydrogens (tertiary/aromatic N) is 2. The van der Waals surface area contributed by atoms with Gasteiger partial charge in [-0.05, 0) is 140 Å². The lowest BCUT2D eigenvalue weighted by Gasteiger charge is -2.28. The van der Waals surface area contributed by atoms with Gasteiger partial charge >= 0.3 is 5.97 Å². The highest BCUT2D eigenvalue weighted by molar-refractivity contribution is 7.96. The number of fused-ring (bicyclic) bond motifs is 4. The van der Waals surface area contributed by atoms with Crippen LogP contribution in [-0.2, 0) is 28.3 Å². The van der Waals surface area contributed by atoms with E-state index in [0.29, 0.717) is 60.1 Å². The predicted octanol–water partition coefficient (Wildman–Crippen LogP) is 15.0. The van der Waals surface area contributed by atoms with Gasteiger partial charge in [0.15, 0.2) is 5.60 Å². The van der Waals surface area contributed by atoms with Crippen molar-refractivity contribution in [3.8, 4) is 28.6 Å². The molecular weight excluding hydrogens is 1340 g/mol. The molecule has 518 valence electrons. The summed E-state index contributed by atoms with van der Waals surface area (Å²) in [5.41, 5.74) is -0.0458. The number of esters is 1. The number of carbonyl (C=O) groups excluding carboxylic acids is 1. The maximum Gasteiger partial charge on any atom is 0.347 e. The molecule has 13 heteroatoms. The predicted molar refractivity (Wildman–Crippen MR) is 433 cm³/mol. The van der Waals surface area contributed by atoms with Gasteiger partial charge in [0.2, 0.25) is 0 Å². The second-order valence-electron chi connectivity index (χ2n) is 26.1. The summed E-state index contributed by atoms with van der Waals surface area (Å²) < 4.78 is 29.1. The van der Waals surface area contributed by atoms with E-state index in [1.165, 1.54) is 58.6 Å². The average Bonchev–Trinajstić information content (AvgIpc) is 1.49. The largest absolute Gasteiger partial charge is 0.493 e. The van der Waals surface area contributed by atoms with Crippen LogP contribution in [0.3, 0.4) is 0 Å². The summed E-state index contributed by atoms with van der Waals surface area (Å²) in [5, 5.41) is 36.2. The quantitative estimate of drug-likeness (QED) is 0.0196. The van der Waals surface area contributed by atoms with Crippen LogP contribution in [0.4, 0.5) is 0 Å². The Hall–Kier alpha value is -10.4. The van der Waals surface area contributed by atoms with Crippen LogP contribution in [0.1, 0.15) is 54.9 Å². The topological polar surface area (TPSA) is 129 Å². The third kappa shape index (κ3) is 14.3. The van der Waals surface area contributed by atoms with E-state index in [9.17, 15) is 15.0 Å². The number of benzene rings is 11. The number of ether oxygens (including phenoxy) is 4. The molecule has 0 spiro atoms. The molecule has 104 heavy (non-hydrogen) atoms. The Kier molecular flexibility index (Phi) is 22.1. The molecule has 1 aliphatic rings. The van der Waals surface area contributed by atoms with Crippen LogP contribution >= 0.6 is 21.8 Å². The van der Waals surface area contributed by atoms with Gasteiger partial charge in [0.1, 0.15) is 86.8 Å². The highest BCUT2D eigenvalue weighted by Gasteiger charge is 2.48. The SMILES string of the molecule is CC[C@@](O)(C(=O)O/C=C/c1c(OCCC[P+](c2ccccc2)(c2ccccc2)c2ccccc2)cc(OCCC[P+](c2ccccc2)(c2ccccc2)c2ccccc2)cc1OCCC[P+](c1ccccc1)(c1ccccc1)c1ccccc1)c1cc2n(c(=O)c1CO)Cc1cc3ccccc3nc1-2. The molecule has 11 aromatic carbocycles. The van der Waals surface area contributed by atoms with Gasteiger partial charge in [-0.15, -0.1) is 0 Å². The molecular formula is C91H84N2O8P3+3. The minimum Gasteiger partial charge on any atom is -0.493 e. The van der Waals surface area contributed by atoms with Crippen molar-refractivity contribution in [1.29, 1.82) is 0 Å². The number of rotatable bonds is 30. The maximum absolute atomic E-state index is 15.0. The molecule has 0 bridgehead atoms. The van der Waals surface area contributed by atoms with Crippen molar-refractivity contribution in [2.75, 3.05) is 38.3 Å². The molecule has 1 aliphatic heterocycles. The summed E-state index contributed by atoms with van der Waals surface area (Å²) in [6.45, 7) is 2.08. The minimum absolute atomic E-state index is 0.0500. The van der Waals surface area contributed by atoms with Gasteiger partial charge in [-0.2, -0.15) is 0 Å². The standard InChI is InChI=1S/C91H84N2O8P3/c1-2-91(97,83-66-85-88-70(67-93(85)89(95)82(83)68-94)63-69-35-30-31-54-84(69)92-88)90(96)101-59-55-81-86(99-57-33-61-103(75-42-18-6-19-43-75,76-44-20-7-21-45-76)77-46-22-8-23-47-77)64-71(98-56-32-60-102(72-36-12-3-13-37-72,73-38-14-4-15-39-73)74-40-16-5-17-41-74)65-87(81)100-58-34-62-104(78-48-24-9-25-49-78,79-50-26-10-27-51-79)80-52-28-11-29-53-80/h3-31,35-55,59,63-66,94,97H,2,32-34,56-58,60-62,67-68H2,1H3/q+3/b59-55+/t91-/m0/s1. The molecule has 0 aliphatic carbocycles. The number of aliphatic hydroxyl groups excluding tert-OH is 1. The third-order valence-electron chi connectivity index (χ3n) is 20.2. The Morgan fingerprint density at radius 1 is 0.471 bits per heavy atom. The van der Waals surface area contributed by atoms with E-state index >= 15 is 4.79 Å². The maximum atomic E-state index is 15.0. The van der Waals surface area contributed by atoms with Crippen molar-refractivity contribution >= 4 is 92.5 Å². The van der Waals surface area contributed by atoms with E-state index in [-0.39, 0.29) is 37.3 Å². The summed E-state index contributed by atoms with van der Waals surface area (Å²) >= 11 is 0. The molecule has 0 saturated heterocycles. The third-order valence-corrected chi connectivity index (χ3v) is 33.8. The van der Waals surface area contributed by atoms with Crippen molar-refractivity contribution in [3.05, 3.63) is 360 Å². The molecule has 0 radical (unpaired) electrons. The first kappa shape index (κ1) is 70.6. The first-order valence-electron chi connectivity index (χ1n) is 35.8. The second-order valence-corrected chi connectivity index (χ2v) is 37.0. The van der Waals surface area contributed by atoms with Gasteiger partial charge in [0, 0.05) is 53.5 Å². The van der Waals surface area contributed by atoms with Gasteiger partial charge in [0.25, 0.3) is 5.56 Å². The molecule has 0 saturated carbocycles. The zero-order valence-electron chi connectivity index (χ0n) is 58.3. The van der Waals surface area contributed by atoms with Crippen LogP contribution in [0.5, 0.6) is 17.2 Å². The van der Waals surface area contributed by atoms with Crippen LogP contribution in [-0.4, -0.2) is 64.0 Å². The fourth-order valence-corrected chi connectivity index (χ4v) is 28.1. The Morgan fingerprint density at radius 3 is 1.17 bits per heavy atom. The smallest absolute Gasteiger partial charge is 0.347 e. The number of hydrogen-bond acceptors (Lipinski definition) is 9. The number of para-hydroxylation sites is 1. The van der Waals surface area contributed by atoms with Crippen LogP contribution in [0, 0.1) is 0 Å². The summed E-state index contributed by atoms with van der Waals surface area (Å²) in [5.74, 6) is 0.365. The van der Waals surface area contributed by atoms with E-state index < -0.39 is 45.5 Å². The monoisotopic (exact) mass is 1430 g/mol. The number of carbonyl (C=O) groups is 1. The van der Waals surface area contributed by atoms with Gasteiger partial charge < -0.3 is 33.7 Å². The zero-order chi connectivity index (χ0) is 71.2. The van der Waals surface area contributed by atoms with Crippen LogP contribution in [0.2, 0.25) is 0 Å². The number of aromatic nitrogens is 2. The van der Waals surface area contributed by atoms with Crippen molar-refractivity contribution in [3.63, 3.8) is 0 Å². The van der Waals surface area contributed by atoms with Crippen molar-refractivity contribution in [2.45, 2.75) is 51.4 Å². The summed E-state index contributed by atoms with van der Waals surface area (Å²) in [6, 6.07) is 113. The Morgan fingerprint density at radius 2 is 0.817 bits per heavy atom. The highest BCUT2D eigenvalue weighted by atomic mass is 31.2. The van der Waals surface area contributed by atoms with Crippen molar-refractivity contribution < 1.29 is 34.0 Å². The van der Waals surface area contributed by atoms with E-state index in [2.05, 4.69) is 273 Å². The van der Waals surface area contributed by atoms with E-state index in [1.54, 1.807) is 19.1 Å². The molecule has 3 heterocycles. The Balaban J connectivity index is 0.847. The fraction of sp³-hybridized carbons (Fsp3) is 0.154. The first-order valence-corrected chi connectivity index (χ1v) is 41.7. The fourth-order valence-electron chi connectivity index (χ4n) is 15.1. The second kappa shape index (κ2) is 32.5. The van der Waals surface area contributed by atoms with Crippen LogP contribution in [0.15, 0.2) is 333 Å². The number of pyridine rings is 2. The molecule has 14 rings (SSSR count). The van der Waals surface area contributed by atoms with Crippen molar-refractivity contribution in [2.24, 2.45) is 0 Å². The minimum atomic E-state index is -2.38. The van der Waals surface area contributed by atoms with Gasteiger partial charge in [-0.3, -0.25) is 4.79 Å². The molecule has 0 amide bonds. The number of aliphatic hydroxyl groups is 2. The normalized spacial score (nSPS) is 12.7. The molecule has 1 atom stereocenters. The molecule has 0 fully saturated rings. The molecule has 13 aromatic rings. The lowest BCUT2D eigenvalue weighted by molar-refractivity contribution is -0.161. The Labute approximate surface area is 611 Å². The van der Waals surface area contributed by atoms with Crippen LogP contribution in [0.25, 0.3) is 28.4 Å². The highest BCUT2D eigenvalue weighted by Crippen LogP contribution is 2.58. The number of hydrogen-bond donors (Lipinski definition) is 2.